The summed E-state index contributed by atoms with van der Waals surface area (Å²) in [6.07, 6.45) is 2.11. The topological polar surface area (TPSA) is 295 Å². The highest BCUT2D eigenvalue weighted by molar-refractivity contribution is 5.94. The maximum absolute atomic E-state index is 15.2. The van der Waals surface area contributed by atoms with Gasteiger partial charge in [-0.25, -0.2) is 24.6 Å². The third-order valence-electron chi connectivity index (χ3n) is 9.44. The standard InChI is InChI=1S/C32H40FN7O7.C7H9N.C4H10N2O.CH2O/c1-4-37-15-23(31(44)45)30(43)22-13-24(33)27(14-26(22)37)38-9-11-39(12-10-38)32(46)47-18-20-5-7-21(8-6-20)36-28(41)17-40(35)16-25(34)29(42)19(2)3;8-6-7-4-2-1-3-5-7;1-2-3-6-4(5)7;1-2/h5-8,13-16,19,29,42H,4,9-12,17-18,34-35H2,1-3H3,(H,36,41)(H,44,45);1-5H,6,8H2;2-3H2,1H3,(H3,5,6,7);1H2/b25-16-;;;. The average Bonchev–Trinajstić information content (AvgIpc) is 3.29. The van der Waals surface area contributed by atoms with Gasteiger partial charge in [-0.1, -0.05) is 63.2 Å². The van der Waals surface area contributed by atoms with E-state index in [1.54, 1.807) is 60.6 Å². The Bertz CT molecular complexity index is 2220. The first-order chi connectivity index (χ1) is 30.5. The molecule has 12 N–H and O–H groups in total. The van der Waals surface area contributed by atoms with Gasteiger partial charge in [0.05, 0.1) is 23.0 Å². The summed E-state index contributed by atoms with van der Waals surface area (Å²) in [4.78, 5) is 70.4. The predicted molar refractivity (Wildman–Crippen MR) is 243 cm³/mol. The minimum Gasteiger partial charge on any atom is -0.477 e. The molecule has 0 radical (unpaired) electrons. The lowest BCUT2D eigenvalue weighted by Gasteiger charge is -2.35. The number of halogens is 1. The molecule has 1 unspecified atom stereocenters. The molecule has 0 spiro atoms. The van der Waals surface area contributed by atoms with Gasteiger partial charge in [-0.2, -0.15) is 0 Å². The number of anilines is 2. The SMILES string of the molecule is C=O.CCCNC(N)=O.CCn1cc(C(=O)O)c(=O)c2cc(F)c(N3CCN(C(=O)OCc4ccc(NC(=O)CN(N)/C=C(\N)C(O)C(C)C)cc4)CC3)cc21.NCc1ccccc1. The van der Waals surface area contributed by atoms with Crippen molar-refractivity contribution >= 4 is 53.1 Å². The highest BCUT2D eigenvalue weighted by atomic mass is 19.1. The highest BCUT2D eigenvalue weighted by Crippen LogP contribution is 2.27. The van der Waals surface area contributed by atoms with Crippen LogP contribution in [0, 0.1) is 11.7 Å². The maximum Gasteiger partial charge on any atom is 0.410 e. The van der Waals surface area contributed by atoms with Gasteiger partial charge in [0.2, 0.25) is 11.3 Å². The molecule has 1 aromatic heterocycles. The Morgan fingerprint density at radius 3 is 2.09 bits per heavy atom. The first-order valence-electron chi connectivity index (χ1n) is 20.4. The number of nitrogens with two attached hydrogens (primary N) is 4. The smallest absolute Gasteiger partial charge is 0.410 e. The third-order valence-corrected chi connectivity index (χ3v) is 9.44. The van der Waals surface area contributed by atoms with Crippen LogP contribution in [0.4, 0.5) is 25.4 Å². The molecule has 0 bridgehead atoms. The second-order valence-electron chi connectivity index (χ2n) is 14.5. The van der Waals surface area contributed by atoms with E-state index in [-0.39, 0.29) is 48.9 Å². The van der Waals surface area contributed by atoms with Gasteiger partial charge in [-0.15, -0.1) is 0 Å². The number of carboxylic acids is 1. The summed E-state index contributed by atoms with van der Waals surface area (Å²) >= 11 is 0. The Hall–Kier alpha value is -7.03. The van der Waals surface area contributed by atoms with E-state index in [9.17, 15) is 34.2 Å². The van der Waals surface area contributed by atoms with Crippen LogP contribution in [0.2, 0.25) is 0 Å². The number of nitrogens with zero attached hydrogens (tertiary/aromatic N) is 4. The number of urea groups is 1. The fourth-order valence-corrected chi connectivity index (χ4v) is 6.03. The second kappa shape index (κ2) is 27.1. The summed E-state index contributed by atoms with van der Waals surface area (Å²) < 4.78 is 22.2. The van der Waals surface area contributed by atoms with Gasteiger partial charge in [0.25, 0.3) is 0 Å². The van der Waals surface area contributed by atoms with Crippen molar-refractivity contribution in [3.8, 4) is 0 Å². The van der Waals surface area contributed by atoms with E-state index in [4.69, 9.17) is 32.6 Å². The van der Waals surface area contributed by atoms with Gasteiger partial charge in [0, 0.05) is 69.3 Å². The van der Waals surface area contributed by atoms with E-state index in [0.717, 1.165) is 17.5 Å². The van der Waals surface area contributed by atoms with Crippen molar-refractivity contribution in [1.29, 1.82) is 0 Å². The molecule has 2 heterocycles. The highest BCUT2D eigenvalue weighted by Gasteiger charge is 2.25. The predicted octanol–water partition coefficient (Wildman–Crippen LogP) is 3.27. The number of aromatic carboxylic acids is 1. The lowest BCUT2D eigenvalue weighted by molar-refractivity contribution is -0.116. The molecule has 1 atom stereocenters. The number of rotatable bonds is 14. The van der Waals surface area contributed by atoms with Gasteiger partial charge >= 0.3 is 18.1 Å². The van der Waals surface area contributed by atoms with Crippen molar-refractivity contribution in [2.75, 3.05) is 49.5 Å². The number of aromatic nitrogens is 1. The van der Waals surface area contributed by atoms with Crippen molar-refractivity contribution in [3.63, 3.8) is 0 Å². The molecule has 64 heavy (non-hydrogen) atoms. The van der Waals surface area contributed by atoms with Crippen LogP contribution >= 0.6 is 0 Å². The number of hydrogen-bond donors (Lipinski definition) is 8. The molecule has 1 aliphatic heterocycles. The molecule has 5 rings (SSSR count). The Morgan fingerprint density at radius 2 is 1.59 bits per heavy atom. The van der Waals surface area contributed by atoms with E-state index in [1.165, 1.54) is 22.9 Å². The molecule has 1 aliphatic rings. The normalized spacial score (nSPS) is 12.6. The fourth-order valence-electron chi connectivity index (χ4n) is 6.03. The third kappa shape index (κ3) is 16.7. The number of aryl methyl sites for hydroxylation is 1. The number of amides is 4. The first-order valence-corrected chi connectivity index (χ1v) is 20.4. The minimum absolute atomic E-state index is 0.00171. The zero-order valence-corrected chi connectivity index (χ0v) is 36.7. The van der Waals surface area contributed by atoms with Gasteiger partial charge in [-0.05, 0) is 54.7 Å². The summed E-state index contributed by atoms with van der Waals surface area (Å²) in [7, 11) is 0. The van der Waals surface area contributed by atoms with Gasteiger partial charge in [-0.3, -0.25) is 9.59 Å². The summed E-state index contributed by atoms with van der Waals surface area (Å²) in [5, 5.41) is 25.6. The van der Waals surface area contributed by atoms with E-state index < -0.39 is 46.9 Å². The molecule has 4 aromatic rings. The van der Waals surface area contributed by atoms with Crippen molar-refractivity contribution in [3.05, 3.63) is 118 Å². The zero-order chi connectivity index (χ0) is 47.9. The van der Waals surface area contributed by atoms with Crippen LogP contribution in [0.5, 0.6) is 0 Å². The largest absolute Gasteiger partial charge is 0.477 e. The first kappa shape index (κ1) is 53.1. The summed E-state index contributed by atoms with van der Waals surface area (Å²) in [5.74, 6) is 3.29. The number of hydrazine groups is 1. The van der Waals surface area contributed by atoms with Crippen molar-refractivity contribution in [2.45, 2.75) is 59.9 Å². The number of pyridine rings is 1. The number of ether oxygens (including phenoxy) is 1. The van der Waals surface area contributed by atoms with Crippen LogP contribution in [-0.2, 0) is 34.0 Å². The molecule has 1 saturated heterocycles. The Labute approximate surface area is 371 Å². The second-order valence-corrected chi connectivity index (χ2v) is 14.5. The van der Waals surface area contributed by atoms with Crippen LogP contribution in [0.1, 0.15) is 55.6 Å². The van der Waals surface area contributed by atoms with Crippen molar-refractivity contribution in [1.82, 2.24) is 19.8 Å². The number of benzene rings is 3. The molecule has 0 aliphatic carbocycles. The number of nitrogens with one attached hydrogen (secondary N) is 2. The molecular formula is C44H61FN10O9. The number of carbonyl (C=O) groups is 5. The molecular weight excluding hydrogens is 832 g/mol. The number of fused-ring (bicyclic) bond motifs is 1. The summed E-state index contributed by atoms with van der Waals surface area (Å²) in [6, 6.07) is 18.9. The molecule has 1 fully saturated rings. The number of carboxylic acid groups (broad SMARTS) is 1. The van der Waals surface area contributed by atoms with E-state index in [0.29, 0.717) is 49.5 Å². The number of aliphatic hydroxyl groups excluding tert-OH is 1. The van der Waals surface area contributed by atoms with E-state index >= 15 is 4.39 Å². The number of hydrogen-bond acceptors (Lipinski definition) is 13. The molecule has 0 saturated carbocycles. The van der Waals surface area contributed by atoms with Gasteiger partial charge < -0.3 is 67.0 Å². The molecule has 4 amide bonds. The minimum atomic E-state index is -1.37. The van der Waals surface area contributed by atoms with Crippen LogP contribution in [0.3, 0.4) is 0 Å². The van der Waals surface area contributed by atoms with Crippen LogP contribution < -0.4 is 44.0 Å². The summed E-state index contributed by atoms with van der Waals surface area (Å²) in [6.45, 7) is 12.0. The Kier molecular flexibility index (Phi) is 22.5. The zero-order valence-electron chi connectivity index (χ0n) is 36.7. The van der Waals surface area contributed by atoms with E-state index in [1.807, 2.05) is 44.0 Å². The fraction of sp³-hybridized carbons (Fsp3) is 0.364. The monoisotopic (exact) mass is 892 g/mol. The van der Waals surface area contributed by atoms with Gasteiger partial charge in [0.1, 0.15) is 31.3 Å². The van der Waals surface area contributed by atoms with E-state index in [2.05, 4.69) is 10.6 Å². The van der Waals surface area contributed by atoms with Gasteiger partial charge in [0.15, 0.2) is 0 Å². The molecule has 3 aromatic carbocycles. The number of aliphatic hydroxyl groups is 1. The molecule has 348 valence electrons. The summed E-state index contributed by atoms with van der Waals surface area (Å²) in [5.41, 5.74) is 18.0. The lowest BCUT2D eigenvalue weighted by Crippen LogP contribution is -2.49. The maximum atomic E-state index is 15.2. The number of carbonyl (C=O) groups excluding carboxylic acids is 4. The quantitative estimate of drug-likeness (QED) is 0.0666. The van der Waals surface area contributed by atoms with Crippen LogP contribution in [0.25, 0.3) is 10.9 Å². The Morgan fingerprint density at radius 1 is 0.969 bits per heavy atom. The number of primary amides is 1. The molecule has 20 heteroatoms. The Balaban J connectivity index is 0.000000695. The lowest BCUT2D eigenvalue weighted by atomic mass is 10.1. The number of piperazine rings is 1. The van der Waals surface area contributed by atoms with Crippen LogP contribution in [0.15, 0.2) is 89.6 Å². The average molecular weight is 893 g/mol. The van der Waals surface area contributed by atoms with Crippen LogP contribution in [-0.4, -0.2) is 101 Å². The molecule has 19 nitrogen and oxygen atoms in total. The van der Waals surface area contributed by atoms with Crippen molar-refractivity contribution in [2.24, 2.45) is 29.0 Å². The van der Waals surface area contributed by atoms with Crippen molar-refractivity contribution < 1.29 is 43.3 Å².